The van der Waals surface area contributed by atoms with Crippen LogP contribution in [0.4, 0.5) is 9.18 Å². The van der Waals surface area contributed by atoms with Gasteiger partial charge in [-0.3, -0.25) is 4.68 Å². The Labute approximate surface area is 189 Å². The smallest absolute Gasteiger partial charge is 0.444 e. The summed E-state index contributed by atoms with van der Waals surface area (Å²) in [6.45, 7) is 13.8. The second-order valence-electron chi connectivity index (χ2n) is 10.7. The summed E-state index contributed by atoms with van der Waals surface area (Å²) in [4.78, 5) is 13.8. The number of carbonyl (C=O) groups excluding carboxylic acids is 1. The van der Waals surface area contributed by atoms with Gasteiger partial charge in [-0.25, -0.2) is 9.18 Å². The van der Waals surface area contributed by atoms with Gasteiger partial charge in [0.1, 0.15) is 17.4 Å². The van der Waals surface area contributed by atoms with Gasteiger partial charge in [-0.05, 0) is 61.0 Å². The number of fused-ring (bicyclic) bond motifs is 1. The molecule has 0 saturated carbocycles. The highest BCUT2D eigenvalue weighted by molar-refractivity contribution is 6.64. The fourth-order valence-corrected chi connectivity index (χ4v) is 4.16. The highest BCUT2D eigenvalue weighted by Crippen LogP contribution is 2.37. The standard InChI is InChI=1S/C23H33BFN3O4/c1-21(2,3)30-20(29)27-13-12-18(16(25)14-27)28-17-11-9-8-10-15(17)19(26-28)24-31-22(4,5)23(6,7)32-24/h8-11,16,18H,12-14H2,1-7H3/t16-,18-/m1/s1. The number of nitrogens with zero attached hydrogens (tertiary/aromatic N) is 3. The van der Waals surface area contributed by atoms with Crippen LogP contribution in [0.1, 0.15) is 60.9 Å². The molecular weight excluding hydrogens is 412 g/mol. The van der Waals surface area contributed by atoms with E-state index in [-0.39, 0.29) is 6.54 Å². The van der Waals surface area contributed by atoms with Crippen LogP contribution in [0.2, 0.25) is 0 Å². The molecule has 2 fully saturated rings. The van der Waals surface area contributed by atoms with Crippen molar-refractivity contribution in [2.24, 2.45) is 0 Å². The molecule has 7 nitrogen and oxygen atoms in total. The van der Waals surface area contributed by atoms with Crippen molar-refractivity contribution in [3.05, 3.63) is 24.3 Å². The van der Waals surface area contributed by atoms with Gasteiger partial charge in [0, 0.05) is 11.9 Å². The van der Waals surface area contributed by atoms with Crippen LogP contribution < -0.4 is 5.59 Å². The van der Waals surface area contributed by atoms with E-state index in [0.29, 0.717) is 18.6 Å². The van der Waals surface area contributed by atoms with E-state index in [1.807, 2.05) is 52.0 Å². The second kappa shape index (κ2) is 7.73. The van der Waals surface area contributed by atoms with Gasteiger partial charge >= 0.3 is 13.2 Å². The maximum Gasteiger partial charge on any atom is 0.517 e. The van der Waals surface area contributed by atoms with Crippen molar-refractivity contribution in [3.63, 3.8) is 0 Å². The van der Waals surface area contributed by atoms with Crippen molar-refractivity contribution in [1.29, 1.82) is 0 Å². The average Bonchev–Trinajstić information content (AvgIpc) is 3.14. The van der Waals surface area contributed by atoms with Crippen LogP contribution in [-0.4, -0.2) is 64.0 Å². The lowest BCUT2D eigenvalue weighted by Crippen LogP contribution is -2.47. The second-order valence-corrected chi connectivity index (χ2v) is 10.7. The van der Waals surface area contributed by atoms with Gasteiger partial charge in [-0.15, -0.1) is 0 Å². The fraction of sp³-hybridized carbons (Fsp3) is 0.652. The van der Waals surface area contributed by atoms with Crippen molar-refractivity contribution in [1.82, 2.24) is 14.7 Å². The number of piperidine rings is 1. The molecule has 2 aliphatic rings. The van der Waals surface area contributed by atoms with Gasteiger partial charge in [-0.2, -0.15) is 5.10 Å². The molecule has 2 aliphatic heterocycles. The van der Waals surface area contributed by atoms with Crippen LogP contribution >= 0.6 is 0 Å². The Morgan fingerprint density at radius 3 is 2.41 bits per heavy atom. The Morgan fingerprint density at radius 1 is 1.19 bits per heavy atom. The van der Waals surface area contributed by atoms with Crippen LogP contribution in [0.15, 0.2) is 24.3 Å². The van der Waals surface area contributed by atoms with E-state index >= 15 is 4.39 Å². The molecule has 9 heteroatoms. The quantitative estimate of drug-likeness (QED) is 0.657. The first kappa shape index (κ1) is 23.0. The predicted octanol–water partition coefficient (Wildman–Crippen LogP) is 3.86. The van der Waals surface area contributed by atoms with Crippen LogP contribution in [0.3, 0.4) is 0 Å². The van der Waals surface area contributed by atoms with Crippen LogP contribution in [0, 0.1) is 0 Å². The summed E-state index contributed by atoms with van der Waals surface area (Å²) in [5.41, 5.74) is -0.125. The lowest BCUT2D eigenvalue weighted by Gasteiger charge is -2.35. The first-order chi connectivity index (χ1) is 14.8. The summed E-state index contributed by atoms with van der Waals surface area (Å²) in [5, 5.41) is 5.68. The van der Waals surface area contributed by atoms with Gasteiger partial charge in [0.05, 0.1) is 29.3 Å². The number of aromatic nitrogens is 2. The maximum atomic E-state index is 15.4. The van der Waals surface area contributed by atoms with E-state index < -0.39 is 42.2 Å². The number of para-hydroxylation sites is 1. The summed E-state index contributed by atoms with van der Waals surface area (Å²) in [6, 6.07) is 7.25. The first-order valence-electron chi connectivity index (χ1n) is 11.2. The molecule has 0 bridgehead atoms. The minimum absolute atomic E-state index is 0.0282. The Kier molecular flexibility index (Phi) is 5.57. The number of amides is 1. The Bertz CT molecular complexity index is 1000. The minimum Gasteiger partial charge on any atom is -0.444 e. The number of halogens is 1. The zero-order chi connectivity index (χ0) is 23.5. The lowest BCUT2D eigenvalue weighted by molar-refractivity contribution is 0.00578. The number of hydrogen-bond acceptors (Lipinski definition) is 5. The van der Waals surface area contributed by atoms with Crippen LogP contribution in [-0.2, 0) is 14.0 Å². The molecule has 3 heterocycles. The topological polar surface area (TPSA) is 65.8 Å². The SMILES string of the molecule is CC(C)(C)OC(=O)N1CC[C@@H](n2nc(B3OC(C)(C)C(C)(C)O3)c3ccccc32)[C@H](F)C1. The molecule has 0 unspecified atom stereocenters. The Hall–Kier alpha value is -2.13. The number of carbonyl (C=O) groups is 1. The molecule has 1 amide bonds. The van der Waals surface area contributed by atoms with Crippen LogP contribution in [0.5, 0.6) is 0 Å². The van der Waals surface area contributed by atoms with E-state index in [2.05, 4.69) is 0 Å². The zero-order valence-corrected chi connectivity index (χ0v) is 20.0. The van der Waals surface area contributed by atoms with E-state index in [9.17, 15) is 4.79 Å². The van der Waals surface area contributed by atoms with Crippen LogP contribution in [0.25, 0.3) is 10.9 Å². The van der Waals surface area contributed by atoms with E-state index in [1.54, 1.807) is 25.5 Å². The average molecular weight is 445 g/mol. The van der Waals surface area contributed by atoms with Crippen molar-refractivity contribution >= 4 is 29.7 Å². The molecule has 0 aliphatic carbocycles. The molecule has 0 spiro atoms. The number of alkyl halides is 1. The van der Waals surface area contributed by atoms with Gasteiger partial charge < -0.3 is 18.9 Å². The third kappa shape index (κ3) is 4.12. The molecule has 2 atom stereocenters. The third-order valence-electron chi connectivity index (χ3n) is 6.59. The van der Waals surface area contributed by atoms with Gasteiger partial charge in [0.2, 0.25) is 0 Å². The van der Waals surface area contributed by atoms with E-state index in [0.717, 1.165) is 10.9 Å². The monoisotopic (exact) mass is 445 g/mol. The molecule has 32 heavy (non-hydrogen) atoms. The normalized spacial score (nSPS) is 25.4. The summed E-state index contributed by atoms with van der Waals surface area (Å²) in [5.74, 6) is 0. The first-order valence-corrected chi connectivity index (χ1v) is 11.2. The minimum atomic E-state index is -1.27. The molecule has 1 aromatic carbocycles. The summed E-state index contributed by atoms with van der Waals surface area (Å²) in [6.07, 6.45) is -1.32. The van der Waals surface area contributed by atoms with Gasteiger partial charge in [0.25, 0.3) is 0 Å². The number of ether oxygens (including phenoxy) is 1. The molecule has 2 aromatic rings. The van der Waals surface area contributed by atoms with Crippen molar-refractivity contribution < 1.29 is 23.2 Å². The number of likely N-dealkylation sites (tertiary alicyclic amines) is 1. The van der Waals surface area contributed by atoms with Gasteiger partial charge in [-0.1, -0.05) is 18.2 Å². The number of benzene rings is 1. The highest BCUT2D eigenvalue weighted by atomic mass is 19.1. The van der Waals surface area contributed by atoms with E-state index in [4.69, 9.17) is 19.1 Å². The number of rotatable bonds is 2. The molecule has 174 valence electrons. The predicted molar refractivity (Wildman–Crippen MR) is 122 cm³/mol. The summed E-state index contributed by atoms with van der Waals surface area (Å²) < 4.78 is 35.0. The third-order valence-corrected chi connectivity index (χ3v) is 6.59. The van der Waals surface area contributed by atoms with Gasteiger partial charge in [0.15, 0.2) is 0 Å². The lowest BCUT2D eigenvalue weighted by atomic mass is 9.82. The Morgan fingerprint density at radius 2 is 1.81 bits per heavy atom. The van der Waals surface area contributed by atoms with Crippen molar-refractivity contribution in [2.45, 2.75) is 83.9 Å². The molecule has 0 radical (unpaired) electrons. The Balaban J connectivity index is 1.61. The largest absolute Gasteiger partial charge is 0.517 e. The molecular formula is C23H33BFN3O4. The maximum absolute atomic E-state index is 15.4. The molecule has 2 saturated heterocycles. The zero-order valence-electron chi connectivity index (χ0n) is 20.0. The fourth-order valence-electron chi connectivity index (χ4n) is 4.16. The molecule has 4 rings (SSSR count). The van der Waals surface area contributed by atoms with Crippen molar-refractivity contribution in [2.75, 3.05) is 13.1 Å². The summed E-state index contributed by atoms with van der Waals surface area (Å²) in [7, 11) is -0.633. The highest BCUT2D eigenvalue weighted by Gasteiger charge is 2.53. The number of hydrogen-bond donors (Lipinski definition) is 0. The molecule has 0 N–H and O–H groups in total. The summed E-state index contributed by atoms with van der Waals surface area (Å²) >= 11 is 0. The van der Waals surface area contributed by atoms with Crippen molar-refractivity contribution in [3.8, 4) is 0 Å². The van der Waals surface area contributed by atoms with E-state index in [1.165, 1.54) is 4.90 Å². The molecule has 1 aromatic heterocycles.